The van der Waals surface area contributed by atoms with E-state index in [1.54, 1.807) is 27.9 Å². The molecular weight excluding hydrogens is 335 g/mol. The molecule has 0 bridgehead atoms. The average molecular weight is 354 g/mol. The molecule has 0 spiro atoms. The maximum Gasteiger partial charge on any atom is 0.245 e. The van der Waals surface area contributed by atoms with Crippen molar-refractivity contribution in [3.8, 4) is 0 Å². The average Bonchev–Trinajstić information content (AvgIpc) is 3.15. The Kier molecular flexibility index (Phi) is 4.02. The largest absolute Gasteiger partial charge is 0.358 e. The minimum Gasteiger partial charge on any atom is -0.358 e. The fourth-order valence-corrected chi connectivity index (χ4v) is 3.25. The van der Waals surface area contributed by atoms with Crippen LogP contribution in [-0.2, 0) is 18.4 Å². The van der Waals surface area contributed by atoms with E-state index in [4.69, 9.17) is 0 Å². The second-order valence-electron chi connectivity index (χ2n) is 6.50. The molecule has 1 fully saturated rings. The molecule has 3 aromatic rings. The number of likely N-dealkylation sites (tertiary alicyclic amines) is 1. The number of rotatable bonds is 4. The van der Waals surface area contributed by atoms with E-state index in [9.17, 15) is 9.18 Å². The van der Waals surface area contributed by atoms with Gasteiger partial charge in [0.1, 0.15) is 23.5 Å². The van der Waals surface area contributed by atoms with Crippen LogP contribution in [0.25, 0.3) is 11.0 Å². The van der Waals surface area contributed by atoms with E-state index in [2.05, 4.69) is 20.4 Å². The minimum atomic E-state index is -0.340. The summed E-state index contributed by atoms with van der Waals surface area (Å²) in [5.74, 6) is 0.989. The van der Waals surface area contributed by atoms with Crippen molar-refractivity contribution in [1.82, 2.24) is 24.6 Å². The van der Waals surface area contributed by atoms with E-state index in [-0.39, 0.29) is 17.8 Å². The standard InChI is InChI=1S/C18H19FN6O/c1-11-21-16(14-9-20-24(2)17(14)22-11)23-15-7-8-25(18(15)26)10-12-3-5-13(19)6-4-12/h3-6,9,15H,7-8,10H2,1-2H3,(H,21,22,23). The summed E-state index contributed by atoms with van der Waals surface area (Å²) >= 11 is 0. The van der Waals surface area contributed by atoms with Gasteiger partial charge in [0, 0.05) is 20.1 Å². The van der Waals surface area contributed by atoms with Gasteiger partial charge >= 0.3 is 0 Å². The Labute approximate surface area is 149 Å². The van der Waals surface area contributed by atoms with E-state index in [1.165, 1.54) is 12.1 Å². The number of carbonyl (C=O) groups is 1. The summed E-state index contributed by atoms with van der Waals surface area (Å²) in [7, 11) is 1.82. The van der Waals surface area contributed by atoms with E-state index in [0.717, 1.165) is 16.6 Å². The van der Waals surface area contributed by atoms with Gasteiger partial charge in [0.05, 0.1) is 11.6 Å². The zero-order valence-electron chi connectivity index (χ0n) is 14.6. The maximum absolute atomic E-state index is 13.0. The van der Waals surface area contributed by atoms with E-state index in [1.807, 2.05) is 14.0 Å². The number of nitrogens with one attached hydrogen (secondary N) is 1. The molecule has 134 valence electrons. The second-order valence-corrected chi connectivity index (χ2v) is 6.50. The molecular formula is C18H19FN6O. The number of nitrogens with zero attached hydrogens (tertiary/aromatic N) is 5. The molecule has 7 nitrogen and oxygen atoms in total. The topological polar surface area (TPSA) is 75.9 Å². The predicted octanol–water partition coefficient (Wildman–Crippen LogP) is 2.02. The zero-order valence-corrected chi connectivity index (χ0v) is 14.6. The normalized spacial score (nSPS) is 17.3. The van der Waals surface area contributed by atoms with Gasteiger partial charge in [0.2, 0.25) is 5.91 Å². The molecule has 1 unspecified atom stereocenters. The van der Waals surface area contributed by atoms with Gasteiger partial charge in [-0.15, -0.1) is 0 Å². The molecule has 4 rings (SSSR count). The van der Waals surface area contributed by atoms with Crippen LogP contribution in [0.4, 0.5) is 10.2 Å². The number of hydrogen-bond donors (Lipinski definition) is 1. The highest BCUT2D eigenvalue weighted by molar-refractivity contribution is 5.91. The number of aryl methyl sites for hydroxylation is 2. The van der Waals surface area contributed by atoms with Crippen LogP contribution < -0.4 is 5.32 Å². The zero-order chi connectivity index (χ0) is 18.3. The number of halogens is 1. The van der Waals surface area contributed by atoms with Crippen LogP contribution in [0.3, 0.4) is 0 Å². The molecule has 1 aliphatic rings. The number of aromatic nitrogens is 4. The summed E-state index contributed by atoms with van der Waals surface area (Å²) in [6.07, 6.45) is 2.39. The number of benzene rings is 1. The smallest absolute Gasteiger partial charge is 0.245 e. The number of hydrogen-bond acceptors (Lipinski definition) is 5. The molecule has 0 aliphatic carbocycles. The highest BCUT2D eigenvalue weighted by Gasteiger charge is 2.32. The minimum absolute atomic E-state index is 0.0163. The van der Waals surface area contributed by atoms with Crippen molar-refractivity contribution in [2.45, 2.75) is 25.9 Å². The lowest BCUT2D eigenvalue weighted by atomic mass is 10.2. The quantitative estimate of drug-likeness (QED) is 0.776. The molecule has 1 aliphatic heterocycles. The number of anilines is 1. The Morgan fingerprint density at radius 2 is 2.04 bits per heavy atom. The first-order valence-corrected chi connectivity index (χ1v) is 8.47. The van der Waals surface area contributed by atoms with E-state index < -0.39 is 0 Å². The van der Waals surface area contributed by atoms with Crippen LogP contribution in [-0.4, -0.2) is 43.1 Å². The molecule has 1 amide bonds. The Morgan fingerprint density at radius 1 is 1.27 bits per heavy atom. The van der Waals surface area contributed by atoms with Gasteiger partial charge in [0.25, 0.3) is 0 Å². The van der Waals surface area contributed by atoms with Crippen molar-refractivity contribution in [3.05, 3.63) is 47.7 Å². The highest BCUT2D eigenvalue weighted by atomic mass is 19.1. The lowest BCUT2D eigenvalue weighted by Gasteiger charge is -2.18. The van der Waals surface area contributed by atoms with Crippen molar-refractivity contribution in [2.24, 2.45) is 7.05 Å². The molecule has 8 heteroatoms. The van der Waals surface area contributed by atoms with Crippen molar-refractivity contribution in [2.75, 3.05) is 11.9 Å². The molecule has 1 saturated heterocycles. The van der Waals surface area contributed by atoms with Gasteiger partial charge in [-0.3, -0.25) is 9.48 Å². The Bertz CT molecular complexity index is 968. The van der Waals surface area contributed by atoms with Crippen LogP contribution in [0.5, 0.6) is 0 Å². The Hall–Kier alpha value is -3.03. The molecule has 0 saturated carbocycles. The Balaban J connectivity index is 1.51. The van der Waals surface area contributed by atoms with Gasteiger partial charge in [-0.1, -0.05) is 12.1 Å². The molecule has 26 heavy (non-hydrogen) atoms. The van der Waals surface area contributed by atoms with Crippen molar-refractivity contribution >= 4 is 22.8 Å². The number of carbonyl (C=O) groups excluding carboxylic acids is 1. The maximum atomic E-state index is 13.0. The first kappa shape index (κ1) is 16.4. The molecule has 1 atom stereocenters. The van der Waals surface area contributed by atoms with Crippen LogP contribution >= 0.6 is 0 Å². The lowest BCUT2D eigenvalue weighted by Crippen LogP contribution is -2.33. The summed E-state index contributed by atoms with van der Waals surface area (Å²) in [6, 6.07) is 5.89. The van der Waals surface area contributed by atoms with Crippen molar-refractivity contribution < 1.29 is 9.18 Å². The van der Waals surface area contributed by atoms with Gasteiger partial charge < -0.3 is 10.2 Å². The molecule has 1 N–H and O–H groups in total. The van der Waals surface area contributed by atoms with Crippen molar-refractivity contribution in [3.63, 3.8) is 0 Å². The molecule has 0 radical (unpaired) electrons. The van der Waals surface area contributed by atoms with Gasteiger partial charge in [0.15, 0.2) is 5.65 Å². The number of amides is 1. The Morgan fingerprint density at radius 3 is 2.81 bits per heavy atom. The summed E-state index contributed by atoms with van der Waals surface area (Å²) in [5, 5.41) is 8.27. The monoisotopic (exact) mass is 354 g/mol. The highest BCUT2D eigenvalue weighted by Crippen LogP contribution is 2.24. The lowest BCUT2D eigenvalue weighted by molar-refractivity contribution is -0.128. The third kappa shape index (κ3) is 2.98. The number of fused-ring (bicyclic) bond motifs is 1. The fourth-order valence-electron chi connectivity index (χ4n) is 3.25. The van der Waals surface area contributed by atoms with Gasteiger partial charge in [-0.2, -0.15) is 5.10 Å². The fraction of sp³-hybridized carbons (Fsp3) is 0.333. The first-order valence-electron chi connectivity index (χ1n) is 8.47. The van der Waals surface area contributed by atoms with E-state index >= 15 is 0 Å². The van der Waals surface area contributed by atoms with Gasteiger partial charge in [-0.25, -0.2) is 14.4 Å². The first-order chi connectivity index (χ1) is 12.5. The second kappa shape index (κ2) is 6.36. The molecule has 2 aromatic heterocycles. The summed E-state index contributed by atoms with van der Waals surface area (Å²) in [4.78, 5) is 23.3. The molecule has 3 heterocycles. The third-order valence-corrected chi connectivity index (χ3v) is 4.60. The van der Waals surface area contributed by atoms with Crippen LogP contribution in [0.15, 0.2) is 30.5 Å². The van der Waals surface area contributed by atoms with Gasteiger partial charge in [-0.05, 0) is 31.0 Å². The summed E-state index contributed by atoms with van der Waals surface area (Å²) in [6.45, 7) is 2.94. The summed E-state index contributed by atoms with van der Waals surface area (Å²) in [5.41, 5.74) is 1.64. The van der Waals surface area contributed by atoms with Crippen molar-refractivity contribution in [1.29, 1.82) is 0 Å². The van der Waals surface area contributed by atoms with Crippen LogP contribution in [0.1, 0.15) is 17.8 Å². The van der Waals surface area contributed by atoms with E-state index in [0.29, 0.717) is 31.2 Å². The predicted molar refractivity (Wildman–Crippen MR) is 94.9 cm³/mol. The molecule has 1 aromatic carbocycles. The van der Waals surface area contributed by atoms with Crippen LogP contribution in [0.2, 0.25) is 0 Å². The third-order valence-electron chi connectivity index (χ3n) is 4.60. The van der Waals surface area contributed by atoms with Crippen LogP contribution in [0, 0.1) is 12.7 Å². The SMILES string of the molecule is Cc1nc(NC2CCN(Cc3ccc(F)cc3)C2=O)c2cnn(C)c2n1. The summed E-state index contributed by atoms with van der Waals surface area (Å²) < 4.78 is 14.7.